The fourth-order valence-electron chi connectivity index (χ4n) is 1.91. The molecule has 2 atom stereocenters. The molecule has 0 amide bonds. The second-order valence-electron chi connectivity index (χ2n) is 4.00. The number of hydrogen-bond acceptors (Lipinski definition) is 3. The van der Waals surface area contributed by atoms with Crippen LogP contribution in [-0.4, -0.2) is 17.7 Å². The van der Waals surface area contributed by atoms with Gasteiger partial charge in [0.1, 0.15) is 6.29 Å². The van der Waals surface area contributed by atoms with E-state index in [1.165, 1.54) is 6.26 Å². The topological polar surface area (TPSA) is 46.5 Å². The van der Waals surface area contributed by atoms with Crippen LogP contribution < -0.4 is 0 Å². The molecule has 1 aromatic rings. The fraction of sp³-hybridized carbons (Fsp3) is 0.308. The quantitative estimate of drug-likeness (QED) is 0.783. The van der Waals surface area contributed by atoms with Crippen LogP contribution in [0.2, 0.25) is 0 Å². The van der Waals surface area contributed by atoms with Crippen molar-refractivity contribution in [3.05, 3.63) is 47.2 Å². The van der Waals surface area contributed by atoms with E-state index in [1.54, 1.807) is 0 Å². The van der Waals surface area contributed by atoms with Gasteiger partial charge in [-0.25, -0.2) is 0 Å². The Morgan fingerprint density at radius 1 is 1.44 bits per heavy atom. The van der Waals surface area contributed by atoms with Crippen LogP contribution in [0.15, 0.2) is 36.1 Å². The van der Waals surface area contributed by atoms with Crippen LogP contribution in [0.3, 0.4) is 0 Å². The van der Waals surface area contributed by atoms with E-state index in [0.29, 0.717) is 12.0 Å². The zero-order valence-electron chi connectivity index (χ0n) is 9.09. The summed E-state index contributed by atoms with van der Waals surface area (Å²) in [5.41, 5.74) is 2.81. The van der Waals surface area contributed by atoms with Crippen molar-refractivity contribution in [1.82, 2.24) is 0 Å². The molecule has 1 aliphatic rings. The van der Waals surface area contributed by atoms with Crippen molar-refractivity contribution >= 4 is 6.29 Å². The maximum atomic E-state index is 10.8. The third-order valence-corrected chi connectivity index (χ3v) is 2.95. The Morgan fingerprint density at radius 2 is 2.19 bits per heavy atom. The number of ether oxygens (including phenoxy) is 1. The van der Waals surface area contributed by atoms with E-state index < -0.39 is 6.29 Å². The van der Waals surface area contributed by atoms with Gasteiger partial charge < -0.3 is 9.84 Å². The number of benzene rings is 1. The minimum atomic E-state index is -0.903. The zero-order valence-corrected chi connectivity index (χ0v) is 9.09. The van der Waals surface area contributed by atoms with E-state index in [2.05, 4.69) is 0 Å². The molecule has 16 heavy (non-hydrogen) atoms. The van der Waals surface area contributed by atoms with Crippen LogP contribution in [0.1, 0.15) is 11.1 Å². The van der Waals surface area contributed by atoms with Crippen molar-refractivity contribution in [3.63, 3.8) is 0 Å². The minimum absolute atomic E-state index is 0.251. The molecule has 1 N–H and O–H groups in total. The maximum absolute atomic E-state index is 10.8. The normalized spacial score (nSPS) is 23.8. The third kappa shape index (κ3) is 1.99. The summed E-state index contributed by atoms with van der Waals surface area (Å²) >= 11 is 0. The molecule has 0 aliphatic carbocycles. The highest BCUT2D eigenvalue weighted by molar-refractivity contribution is 5.74. The predicted molar refractivity (Wildman–Crippen MR) is 59.6 cm³/mol. The summed E-state index contributed by atoms with van der Waals surface area (Å²) in [5, 5.41) is 9.61. The highest BCUT2D eigenvalue weighted by atomic mass is 16.6. The average Bonchev–Trinajstić information content (AvgIpc) is 2.63. The largest absolute Gasteiger partial charge is 0.472 e. The molecule has 2 rings (SSSR count). The molecule has 1 aromatic carbocycles. The van der Waals surface area contributed by atoms with Crippen LogP contribution in [0.25, 0.3) is 0 Å². The molecular formula is C13H14O3. The molecule has 0 saturated heterocycles. The lowest BCUT2D eigenvalue weighted by Gasteiger charge is -2.15. The van der Waals surface area contributed by atoms with Gasteiger partial charge in [-0.15, -0.1) is 0 Å². The first-order chi connectivity index (χ1) is 7.72. The van der Waals surface area contributed by atoms with Crippen LogP contribution in [-0.2, 0) is 16.0 Å². The Hall–Kier alpha value is -1.61. The molecule has 1 aliphatic heterocycles. The van der Waals surface area contributed by atoms with Crippen LogP contribution in [0.4, 0.5) is 0 Å². The second kappa shape index (κ2) is 4.49. The van der Waals surface area contributed by atoms with Crippen molar-refractivity contribution in [2.24, 2.45) is 5.92 Å². The van der Waals surface area contributed by atoms with E-state index in [1.807, 2.05) is 31.2 Å². The van der Waals surface area contributed by atoms with Crippen LogP contribution in [0.5, 0.6) is 0 Å². The van der Waals surface area contributed by atoms with Crippen LogP contribution >= 0.6 is 0 Å². The second-order valence-corrected chi connectivity index (χ2v) is 4.00. The van der Waals surface area contributed by atoms with Gasteiger partial charge >= 0.3 is 0 Å². The van der Waals surface area contributed by atoms with Gasteiger partial charge in [0.15, 0.2) is 0 Å². The molecule has 0 aromatic heterocycles. The number of carbonyl (C=O) groups is 1. The number of carbonyl (C=O) groups excluding carboxylic acids is 1. The molecule has 3 heteroatoms. The lowest BCUT2D eigenvalue weighted by Crippen LogP contribution is -2.21. The Balaban J connectivity index is 2.18. The summed E-state index contributed by atoms with van der Waals surface area (Å²) in [6.45, 7) is 2.02. The molecule has 1 heterocycles. The molecule has 0 spiro atoms. The minimum Gasteiger partial charge on any atom is -0.472 e. The monoisotopic (exact) mass is 218 g/mol. The lowest BCUT2D eigenvalue weighted by molar-refractivity contribution is -0.106. The first kappa shape index (κ1) is 10.9. The van der Waals surface area contributed by atoms with Gasteiger partial charge in [0, 0.05) is 5.57 Å². The number of aldehydes is 1. The summed E-state index contributed by atoms with van der Waals surface area (Å²) < 4.78 is 4.94. The molecule has 0 unspecified atom stereocenters. The van der Waals surface area contributed by atoms with Crippen LogP contribution in [0, 0.1) is 12.8 Å². The summed E-state index contributed by atoms with van der Waals surface area (Å²) in [7, 11) is 0. The third-order valence-electron chi connectivity index (χ3n) is 2.95. The van der Waals surface area contributed by atoms with Gasteiger partial charge in [0.2, 0.25) is 6.29 Å². The SMILES string of the molecule is Cc1ccccc1C[C@@H]1C(C=O)=CO[C@H]1O. The van der Waals surface area contributed by atoms with Crippen molar-refractivity contribution in [2.45, 2.75) is 19.6 Å². The smallest absolute Gasteiger partial charge is 0.203 e. The molecule has 84 valence electrons. The van der Waals surface area contributed by atoms with Crippen molar-refractivity contribution in [2.75, 3.05) is 0 Å². The Bertz CT molecular complexity index is 423. The number of aryl methyl sites for hydroxylation is 1. The Morgan fingerprint density at radius 3 is 2.88 bits per heavy atom. The number of aliphatic hydroxyl groups is 1. The Kier molecular flexibility index (Phi) is 3.06. The summed E-state index contributed by atoms with van der Waals surface area (Å²) in [6.07, 6.45) is 1.82. The summed E-state index contributed by atoms with van der Waals surface area (Å²) in [6, 6.07) is 7.94. The van der Waals surface area contributed by atoms with Gasteiger partial charge in [-0.2, -0.15) is 0 Å². The number of hydrogen-bond donors (Lipinski definition) is 1. The first-order valence-corrected chi connectivity index (χ1v) is 5.25. The standard InChI is InChI=1S/C13H14O3/c1-9-4-2-3-5-10(9)6-12-11(7-14)8-16-13(12)15/h2-5,7-8,12-13,15H,6H2,1H3/t12-,13-/m1/s1. The highest BCUT2D eigenvalue weighted by Gasteiger charge is 2.30. The Labute approximate surface area is 94.4 Å². The molecule has 0 radical (unpaired) electrons. The average molecular weight is 218 g/mol. The fourth-order valence-corrected chi connectivity index (χ4v) is 1.91. The molecule has 3 nitrogen and oxygen atoms in total. The van der Waals surface area contributed by atoms with E-state index >= 15 is 0 Å². The zero-order chi connectivity index (χ0) is 11.5. The van der Waals surface area contributed by atoms with Gasteiger partial charge in [-0.3, -0.25) is 4.79 Å². The molecule has 0 saturated carbocycles. The maximum Gasteiger partial charge on any atom is 0.203 e. The van der Waals surface area contributed by atoms with Crippen molar-refractivity contribution in [1.29, 1.82) is 0 Å². The van der Waals surface area contributed by atoms with E-state index in [-0.39, 0.29) is 5.92 Å². The summed E-state index contributed by atoms with van der Waals surface area (Å²) in [5.74, 6) is -0.251. The van der Waals surface area contributed by atoms with Gasteiger partial charge in [0.05, 0.1) is 12.2 Å². The van der Waals surface area contributed by atoms with Gasteiger partial charge in [-0.05, 0) is 24.5 Å². The first-order valence-electron chi connectivity index (χ1n) is 5.25. The highest BCUT2D eigenvalue weighted by Crippen LogP contribution is 2.27. The summed E-state index contributed by atoms with van der Waals surface area (Å²) in [4.78, 5) is 10.8. The molecule has 0 fully saturated rings. The number of rotatable bonds is 3. The lowest BCUT2D eigenvalue weighted by atomic mass is 9.92. The number of aliphatic hydroxyl groups excluding tert-OH is 1. The molecular weight excluding hydrogens is 204 g/mol. The van der Waals surface area contributed by atoms with E-state index in [0.717, 1.165) is 17.4 Å². The van der Waals surface area contributed by atoms with Gasteiger partial charge in [-0.1, -0.05) is 24.3 Å². The van der Waals surface area contributed by atoms with Gasteiger partial charge in [0.25, 0.3) is 0 Å². The van der Waals surface area contributed by atoms with Crippen molar-refractivity contribution < 1.29 is 14.6 Å². The van der Waals surface area contributed by atoms with E-state index in [4.69, 9.17) is 4.74 Å². The molecule has 0 bridgehead atoms. The predicted octanol–water partition coefficient (Wildman–Crippen LogP) is 1.59. The van der Waals surface area contributed by atoms with E-state index in [9.17, 15) is 9.90 Å². The van der Waals surface area contributed by atoms with Crippen molar-refractivity contribution in [3.8, 4) is 0 Å².